The molecular formula is C15H16N2O2S. The zero-order valence-electron chi connectivity index (χ0n) is 10.9. The Morgan fingerprint density at radius 2 is 1.70 bits per heavy atom. The monoisotopic (exact) mass is 288 g/mol. The van der Waals surface area contributed by atoms with Gasteiger partial charge >= 0.3 is 0 Å². The molecule has 3 N–H and O–H groups in total. The van der Waals surface area contributed by atoms with Gasteiger partial charge in [-0.25, -0.2) is 0 Å². The van der Waals surface area contributed by atoms with Crippen molar-refractivity contribution in [2.75, 3.05) is 16.8 Å². The standard InChI is InChI=1S/C15H16N2O2S/c16-13-8-4-5-9-14(13)17-15(18)10-11-20(19)12-6-2-1-3-7-12/h1-9H,10-11,16H2,(H,17,18). The number of nitrogens with one attached hydrogen (secondary N) is 1. The van der Waals surface area contributed by atoms with Crippen LogP contribution >= 0.6 is 0 Å². The van der Waals surface area contributed by atoms with E-state index in [4.69, 9.17) is 5.73 Å². The lowest BCUT2D eigenvalue weighted by Gasteiger charge is -2.07. The molecule has 0 heterocycles. The SMILES string of the molecule is Nc1ccccc1NC(=O)CCS(=O)c1ccccc1. The highest BCUT2D eigenvalue weighted by Crippen LogP contribution is 2.17. The number of benzene rings is 2. The molecule has 1 amide bonds. The van der Waals surface area contributed by atoms with E-state index >= 15 is 0 Å². The molecule has 104 valence electrons. The molecule has 0 aliphatic heterocycles. The van der Waals surface area contributed by atoms with Crippen LogP contribution in [0.2, 0.25) is 0 Å². The third kappa shape index (κ3) is 3.93. The fourth-order valence-electron chi connectivity index (χ4n) is 1.70. The molecule has 5 heteroatoms. The van der Waals surface area contributed by atoms with Crippen LogP contribution in [0.5, 0.6) is 0 Å². The summed E-state index contributed by atoms with van der Waals surface area (Å²) >= 11 is 0. The van der Waals surface area contributed by atoms with Crippen molar-refractivity contribution in [2.45, 2.75) is 11.3 Å². The van der Waals surface area contributed by atoms with Crippen LogP contribution in [0.1, 0.15) is 6.42 Å². The number of rotatable bonds is 5. The Bertz CT molecular complexity index is 614. The summed E-state index contributed by atoms with van der Waals surface area (Å²) in [5, 5.41) is 2.72. The van der Waals surface area contributed by atoms with Crippen LogP contribution < -0.4 is 11.1 Å². The third-order valence-corrected chi connectivity index (χ3v) is 4.13. The summed E-state index contributed by atoms with van der Waals surface area (Å²) in [6.07, 6.45) is 0.190. The summed E-state index contributed by atoms with van der Waals surface area (Å²) in [5.74, 6) is 0.106. The highest BCUT2D eigenvalue weighted by Gasteiger charge is 2.08. The van der Waals surface area contributed by atoms with Crippen molar-refractivity contribution in [2.24, 2.45) is 0 Å². The lowest BCUT2D eigenvalue weighted by Crippen LogP contribution is -2.15. The Morgan fingerprint density at radius 1 is 1.05 bits per heavy atom. The van der Waals surface area contributed by atoms with Crippen molar-refractivity contribution < 1.29 is 9.00 Å². The minimum atomic E-state index is -1.16. The number of hydrogen-bond donors (Lipinski definition) is 2. The molecule has 0 aromatic heterocycles. The fourth-order valence-corrected chi connectivity index (χ4v) is 2.77. The van der Waals surface area contributed by atoms with Gasteiger partial charge in [-0.2, -0.15) is 0 Å². The van der Waals surface area contributed by atoms with E-state index in [-0.39, 0.29) is 12.3 Å². The highest BCUT2D eigenvalue weighted by molar-refractivity contribution is 7.85. The lowest BCUT2D eigenvalue weighted by molar-refractivity contribution is -0.115. The van der Waals surface area contributed by atoms with Gasteiger partial charge in [0.1, 0.15) is 0 Å². The van der Waals surface area contributed by atoms with Gasteiger partial charge in [0.05, 0.1) is 22.2 Å². The van der Waals surface area contributed by atoms with E-state index in [9.17, 15) is 9.00 Å². The second-order valence-electron chi connectivity index (χ2n) is 4.25. The molecule has 0 aliphatic rings. The Kier molecular flexibility index (Phi) is 4.90. The molecule has 0 saturated heterocycles. The topological polar surface area (TPSA) is 72.2 Å². The van der Waals surface area contributed by atoms with Crippen molar-refractivity contribution in [3.05, 3.63) is 54.6 Å². The maximum absolute atomic E-state index is 12.0. The van der Waals surface area contributed by atoms with Gasteiger partial charge in [-0.3, -0.25) is 9.00 Å². The second kappa shape index (κ2) is 6.86. The second-order valence-corrected chi connectivity index (χ2v) is 5.82. The number of carbonyl (C=O) groups excluding carboxylic acids is 1. The van der Waals surface area contributed by atoms with Gasteiger partial charge in [-0.15, -0.1) is 0 Å². The summed E-state index contributed by atoms with van der Waals surface area (Å²) in [6, 6.07) is 16.2. The average Bonchev–Trinajstić information content (AvgIpc) is 2.48. The van der Waals surface area contributed by atoms with Crippen molar-refractivity contribution in [3.8, 4) is 0 Å². The largest absolute Gasteiger partial charge is 0.397 e. The molecular weight excluding hydrogens is 272 g/mol. The number of para-hydroxylation sites is 2. The van der Waals surface area contributed by atoms with Crippen LogP contribution in [0.15, 0.2) is 59.5 Å². The van der Waals surface area contributed by atoms with Gasteiger partial charge in [-0.1, -0.05) is 30.3 Å². The first-order valence-electron chi connectivity index (χ1n) is 6.24. The molecule has 0 spiro atoms. The van der Waals surface area contributed by atoms with Crippen LogP contribution in [0.4, 0.5) is 11.4 Å². The first-order valence-corrected chi connectivity index (χ1v) is 7.56. The van der Waals surface area contributed by atoms with Crippen LogP contribution in [-0.4, -0.2) is 15.9 Å². The van der Waals surface area contributed by atoms with Crippen LogP contribution in [0.25, 0.3) is 0 Å². The van der Waals surface area contributed by atoms with E-state index in [0.717, 1.165) is 4.90 Å². The first kappa shape index (κ1) is 14.3. The van der Waals surface area contributed by atoms with Gasteiger partial charge in [0.2, 0.25) is 5.91 Å². The molecule has 0 fully saturated rings. The Labute approximate surface area is 120 Å². The Morgan fingerprint density at radius 3 is 2.40 bits per heavy atom. The van der Waals surface area contributed by atoms with Gasteiger partial charge in [0, 0.05) is 17.1 Å². The number of amides is 1. The lowest BCUT2D eigenvalue weighted by atomic mass is 10.2. The zero-order chi connectivity index (χ0) is 14.4. The van der Waals surface area contributed by atoms with Crippen LogP contribution in [-0.2, 0) is 15.6 Å². The average molecular weight is 288 g/mol. The van der Waals surface area contributed by atoms with Gasteiger partial charge in [-0.05, 0) is 24.3 Å². The number of anilines is 2. The first-order chi connectivity index (χ1) is 9.66. The number of nitrogen functional groups attached to an aromatic ring is 1. The van der Waals surface area contributed by atoms with E-state index in [1.165, 1.54) is 0 Å². The summed E-state index contributed by atoms with van der Waals surface area (Å²) in [5.41, 5.74) is 6.85. The van der Waals surface area contributed by atoms with Gasteiger partial charge in [0.15, 0.2) is 0 Å². The number of hydrogen-bond acceptors (Lipinski definition) is 3. The minimum absolute atomic E-state index is 0.188. The molecule has 0 radical (unpaired) electrons. The molecule has 2 aromatic rings. The highest BCUT2D eigenvalue weighted by atomic mass is 32.2. The van der Waals surface area contributed by atoms with E-state index in [0.29, 0.717) is 17.1 Å². The molecule has 4 nitrogen and oxygen atoms in total. The molecule has 1 atom stereocenters. The maximum Gasteiger partial charge on any atom is 0.225 e. The van der Waals surface area contributed by atoms with Crippen molar-refractivity contribution >= 4 is 28.1 Å². The molecule has 0 bridgehead atoms. The zero-order valence-corrected chi connectivity index (χ0v) is 11.7. The van der Waals surface area contributed by atoms with Gasteiger partial charge < -0.3 is 11.1 Å². The van der Waals surface area contributed by atoms with Crippen molar-refractivity contribution in [1.29, 1.82) is 0 Å². The van der Waals surface area contributed by atoms with Crippen LogP contribution in [0.3, 0.4) is 0 Å². The number of nitrogens with two attached hydrogens (primary N) is 1. The molecule has 2 rings (SSSR count). The van der Waals surface area contributed by atoms with Crippen molar-refractivity contribution in [3.63, 3.8) is 0 Å². The normalized spacial score (nSPS) is 11.8. The minimum Gasteiger partial charge on any atom is -0.397 e. The van der Waals surface area contributed by atoms with Gasteiger partial charge in [0.25, 0.3) is 0 Å². The summed E-state index contributed by atoms with van der Waals surface area (Å²) in [7, 11) is -1.16. The van der Waals surface area contributed by atoms with Crippen molar-refractivity contribution in [1.82, 2.24) is 0 Å². The number of carbonyl (C=O) groups is 1. The third-order valence-electron chi connectivity index (χ3n) is 2.76. The molecule has 0 saturated carbocycles. The molecule has 2 aromatic carbocycles. The Balaban J connectivity index is 1.87. The smallest absolute Gasteiger partial charge is 0.225 e. The predicted molar refractivity (Wildman–Crippen MR) is 81.8 cm³/mol. The van der Waals surface area contributed by atoms with E-state index in [1.54, 1.807) is 36.4 Å². The predicted octanol–water partition coefficient (Wildman–Crippen LogP) is 2.41. The molecule has 1 unspecified atom stereocenters. The van der Waals surface area contributed by atoms with Crippen LogP contribution in [0, 0.1) is 0 Å². The summed E-state index contributed by atoms with van der Waals surface area (Å²) < 4.78 is 12.0. The Hall–Kier alpha value is -2.14. The maximum atomic E-state index is 12.0. The van der Waals surface area contributed by atoms with E-state index < -0.39 is 10.8 Å². The summed E-state index contributed by atoms with van der Waals surface area (Å²) in [6.45, 7) is 0. The van der Waals surface area contributed by atoms with E-state index in [2.05, 4.69) is 5.32 Å². The summed E-state index contributed by atoms with van der Waals surface area (Å²) in [4.78, 5) is 12.5. The fraction of sp³-hybridized carbons (Fsp3) is 0.133. The molecule has 0 aliphatic carbocycles. The molecule has 20 heavy (non-hydrogen) atoms. The van der Waals surface area contributed by atoms with E-state index in [1.807, 2.05) is 18.2 Å². The quantitative estimate of drug-likeness (QED) is 0.830.